The van der Waals surface area contributed by atoms with Gasteiger partial charge in [-0.05, 0) is 55.0 Å². The van der Waals surface area contributed by atoms with Crippen LogP contribution in [0.4, 0.5) is 33.6 Å². The number of carboxylic acid groups (broad SMARTS) is 1. The maximum absolute atomic E-state index is 13.5. The van der Waals surface area contributed by atoms with Gasteiger partial charge in [0.25, 0.3) is 0 Å². The Balaban J connectivity index is 1.44. The lowest BCUT2D eigenvalue weighted by molar-refractivity contribution is 0.142. The number of amides is 1. The summed E-state index contributed by atoms with van der Waals surface area (Å²) < 4.78 is 15.3. The summed E-state index contributed by atoms with van der Waals surface area (Å²) in [5, 5.41) is 21.7. The molecule has 0 aliphatic carbocycles. The highest BCUT2D eigenvalue weighted by Crippen LogP contribution is 2.47. The number of aromatic nitrogens is 6. The maximum atomic E-state index is 13.5. The highest BCUT2D eigenvalue weighted by Gasteiger charge is 2.31. The number of anilines is 5. The van der Waals surface area contributed by atoms with Crippen LogP contribution < -0.4 is 20.8 Å². The minimum atomic E-state index is -2.82. The van der Waals surface area contributed by atoms with Gasteiger partial charge in [-0.3, -0.25) is 14.6 Å². The zero-order valence-corrected chi connectivity index (χ0v) is 30.3. The molecular formula is C34H40ClN10O3P. The predicted octanol–water partition coefficient (Wildman–Crippen LogP) is 6.61. The second-order valence-corrected chi connectivity index (χ2v) is 17.2. The van der Waals surface area contributed by atoms with E-state index in [0.29, 0.717) is 60.0 Å². The Hall–Kier alpha value is -4.74. The van der Waals surface area contributed by atoms with Crippen molar-refractivity contribution in [1.82, 2.24) is 34.6 Å². The van der Waals surface area contributed by atoms with Crippen molar-refractivity contribution in [3.05, 3.63) is 65.3 Å². The lowest BCUT2D eigenvalue weighted by Gasteiger charge is -2.38. The number of carbonyl (C=O) groups is 1. The third kappa shape index (κ3) is 6.91. The Kier molecular flexibility index (Phi) is 9.02. The SMILES string of the molecule is Cc1cc(N2CCN(C(=O)O)CC2)c(-c2cnn(C)c2)c(C(C)(C)C)c1Nc1ncc(Cl)c(Nc2ccc3nccnc3c2P(C)(C)=O)n1. The summed E-state index contributed by atoms with van der Waals surface area (Å²) in [6, 6.07) is 5.77. The van der Waals surface area contributed by atoms with Crippen molar-refractivity contribution in [1.29, 1.82) is 0 Å². The Labute approximate surface area is 290 Å². The average molecular weight is 703 g/mol. The minimum Gasteiger partial charge on any atom is -0.465 e. The van der Waals surface area contributed by atoms with Crippen LogP contribution in [-0.2, 0) is 17.0 Å². The van der Waals surface area contributed by atoms with Crippen molar-refractivity contribution < 1.29 is 14.5 Å². The topological polar surface area (TPSA) is 154 Å². The van der Waals surface area contributed by atoms with Gasteiger partial charge in [0.1, 0.15) is 17.7 Å². The summed E-state index contributed by atoms with van der Waals surface area (Å²) in [5.74, 6) is 0.659. The number of hydrogen-bond donors (Lipinski definition) is 3. The van der Waals surface area contributed by atoms with Gasteiger partial charge in [0, 0.05) is 74.3 Å². The highest BCUT2D eigenvalue weighted by molar-refractivity contribution is 7.71. The van der Waals surface area contributed by atoms with Gasteiger partial charge in [-0.15, -0.1) is 0 Å². The second-order valence-electron chi connectivity index (χ2n) is 13.6. The molecule has 5 aromatic rings. The van der Waals surface area contributed by atoms with E-state index >= 15 is 0 Å². The highest BCUT2D eigenvalue weighted by atomic mass is 35.5. The molecule has 4 heterocycles. The van der Waals surface area contributed by atoms with Crippen molar-refractivity contribution >= 4 is 70.0 Å². The molecule has 0 saturated carbocycles. The van der Waals surface area contributed by atoms with Crippen molar-refractivity contribution in [3.63, 3.8) is 0 Å². The zero-order chi connectivity index (χ0) is 35.2. The normalized spacial score (nSPS) is 14.0. The van der Waals surface area contributed by atoms with Gasteiger partial charge in [-0.1, -0.05) is 32.4 Å². The fourth-order valence-corrected chi connectivity index (χ4v) is 7.89. The van der Waals surface area contributed by atoms with E-state index in [1.807, 2.05) is 38.5 Å². The van der Waals surface area contributed by atoms with Crippen LogP contribution >= 0.6 is 18.7 Å². The van der Waals surface area contributed by atoms with E-state index in [1.54, 1.807) is 30.4 Å². The largest absolute Gasteiger partial charge is 0.465 e. The van der Waals surface area contributed by atoms with E-state index in [9.17, 15) is 14.5 Å². The average Bonchev–Trinajstić information content (AvgIpc) is 3.47. The summed E-state index contributed by atoms with van der Waals surface area (Å²) in [6.07, 6.45) is 7.66. The summed E-state index contributed by atoms with van der Waals surface area (Å²) in [6.45, 7) is 13.9. The molecule has 0 radical (unpaired) electrons. The molecule has 13 nitrogen and oxygen atoms in total. The first-order chi connectivity index (χ1) is 23.1. The van der Waals surface area contributed by atoms with Crippen molar-refractivity contribution in [2.45, 2.75) is 33.1 Å². The van der Waals surface area contributed by atoms with E-state index in [1.165, 1.54) is 11.1 Å². The zero-order valence-electron chi connectivity index (χ0n) is 28.6. The second kappa shape index (κ2) is 12.9. The summed E-state index contributed by atoms with van der Waals surface area (Å²) in [4.78, 5) is 33.6. The summed E-state index contributed by atoms with van der Waals surface area (Å²) in [7, 11) is -0.932. The van der Waals surface area contributed by atoms with Gasteiger partial charge in [0.15, 0.2) is 5.82 Å². The Bertz CT molecular complexity index is 2120. The van der Waals surface area contributed by atoms with Gasteiger partial charge < -0.3 is 30.1 Å². The molecule has 1 fully saturated rings. The third-order valence-electron chi connectivity index (χ3n) is 8.52. The molecule has 1 amide bonds. The van der Waals surface area contributed by atoms with Crippen LogP contribution in [0.5, 0.6) is 0 Å². The van der Waals surface area contributed by atoms with E-state index in [0.717, 1.165) is 33.6 Å². The first-order valence-corrected chi connectivity index (χ1v) is 18.9. The first-order valence-electron chi connectivity index (χ1n) is 15.9. The van der Waals surface area contributed by atoms with Gasteiger partial charge in [0.2, 0.25) is 5.95 Å². The molecule has 6 rings (SSSR count). The molecule has 0 spiro atoms. The molecular weight excluding hydrogens is 663 g/mol. The van der Waals surface area contributed by atoms with Crippen LogP contribution in [0.25, 0.3) is 22.2 Å². The van der Waals surface area contributed by atoms with Crippen LogP contribution in [-0.4, -0.2) is 85.3 Å². The summed E-state index contributed by atoms with van der Waals surface area (Å²) >= 11 is 6.65. The number of hydrogen-bond acceptors (Lipinski definition) is 10. The van der Waals surface area contributed by atoms with Crippen LogP contribution in [0.15, 0.2) is 49.2 Å². The molecule has 1 aliphatic heterocycles. The van der Waals surface area contributed by atoms with Gasteiger partial charge in [-0.25, -0.2) is 9.78 Å². The Morgan fingerprint density at radius 2 is 1.73 bits per heavy atom. The number of nitrogens with zero attached hydrogens (tertiary/aromatic N) is 8. The smallest absolute Gasteiger partial charge is 0.407 e. The fraction of sp³-hybridized carbons (Fsp3) is 0.353. The van der Waals surface area contributed by atoms with E-state index in [2.05, 4.69) is 62.4 Å². The number of rotatable bonds is 7. The van der Waals surface area contributed by atoms with Gasteiger partial charge in [0.05, 0.1) is 28.9 Å². The molecule has 15 heteroatoms. The molecule has 49 heavy (non-hydrogen) atoms. The van der Waals surface area contributed by atoms with Gasteiger partial charge in [-0.2, -0.15) is 10.1 Å². The Morgan fingerprint density at radius 3 is 2.37 bits per heavy atom. The summed E-state index contributed by atoms with van der Waals surface area (Å²) in [5.41, 5.74) is 7.25. The molecule has 3 N–H and O–H groups in total. The molecule has 0 atom stereocenters. The lowest BCUT2D eigenvalue weighted by Crippen LogP contribution is -2.48. The molecule has 1 aliphatic rings. The third-order valence-corrected chi connectivity index (χ3v) is 10.3. The van der Waals surface area contributed by atoms with Crippen molar-refractivity contribution in [2.24, 2.45) is 7.05 Å². The number of nitrogens with one attached hydrogen (secondary N) is 2. The number of benzene rings is 2. The number of halogens is 1. The fourth-order valence-electron chi connectivity index (χ4n) is 6.36. The molecule has 2 aromatic carbocycles. The molecule has 256 valence electrons. The predicted molar refractivity (Wildman–Crippen MR) is 196 cm³/mol. The van der Waals surface area contributed by atoms with Crippen LogP contribution in [0.3, 0.4) is 0 Å². The van der Waals surface area contributed by atoms with Crippen LogP contribution in [0, 0.1) is 6.92 Å². The van der Waals surface area contributed by atoms with Gasteiger partial charge >= 0.3 is 6.09 Å². The van der Waals surface area contributed by atoms with E-state index in [-0.39, 0.29) is 10.4 Å². The molecule has 0 unspecified atom stereocenters. The molecule has 1 saturated heterocycles. The quantitative estimate of drug-likeness (QED) is 0.157. The number of piperazine rings is 1. The van der Waals surface area contributed by atoms with Crippen LogP contribution in [0.2, 0.25) is 5.02 Å². The standard InChI is InChI=1S/C34H40ClN10O3P/c1-20-16-25(44-12-14-45(15-13-44)33(46)47)26(21-17-39-43(5)19-21)27(34(2,3)4)28(20)41-32-38-18-22(35)31(42-32)40-24-9-8-23-29(37-11-10-36-23)30(24)49(6,7)48/h8-11,16-19H,12-15H2,1-7H3,(H,46,47)(H2,38,40,41,42). The van der Waals surface area contributed by atoms with E-state index < -0.39 is 13.2 Å². The molecule has 3 aromatic heterocycles. The first kappa shape index (κ1) is 34.1. The minimum absolute atomic E-state index is 0.289. The van der Waals surface area contributed by atoms with Crippen molar-refractivity contribution in [3.8, 4) is 11.1 Å². The monoisotopic (exact) mass is 702 g/mol. The van der Waals surface area contributed by atoms with E-state index in [4.69, 9.17) is 16.6 Å². The lowest BCUT2D eigenvalue weighted by atomic mass is 9.78. The Morgan fingerprint density at radius 1 is 1.02 bits per heavy atom. The van der Waals surface area contributed by atoms with Crippen LogP contribution in [0.1, 0.15) is 31.9 Å². The molecule has 0 bridgehead atoms. The maximum Gasteiger partial charge on any atom is 0.407 e. The van der Waals surface area contributed by atoms with Crippen molar-refractivity contribution in [2.75, 3.05) is 55.0 Å². The number of aryl methyl sites for hydroxylation is 2. The number of fused-ring (bicyclic) bond motifs is 1.